The number of nitrogens with one attached hydrogen (secondary N) is 1. The van der Waals surface area contributed by atoms with Crippen LogP contribution in [0.25, 0.3) is 0 Å². The quantitative estimate of drug-likeness (QED) is 0.846. The topological polar surface area (TPSA) is 58.6 Å². The van der Waals surface area contributed by atoms with Gasteiger partial charge in [0.25, 0.3) is 5.91 Å². The summed E-state index contributed by atoms with van der Waals surface area (Å²) < 4.78 is 5.12. The second-order valence-corrected chi connectivity index (χ2v) is 4.28. The van der Waals surface area contributed by atoms with Gasteiger partial charge in [0, 0.05) is 10.7 Å². The van der Waals surface area contributed by atoms with Gasteiger partial charge >= 0.3 is 0 Å². The molecule has 2 rings (SSSR count). The van der Waals surface area contributed by atoms with Crippen molar-refractivity contribution in [2.45, 2.75) is 0 Å². The van der Waals surface area contributed by atoms with Crippen LogP contribution >= 0.6 is 11.6 Å². The SMILES string of the molecule is COc1cc(Cl)ccc1C(=O)Nc1ccc(O)cc1. The molecule has 0 fully saturated rings. The van der Waals surface area contributed by atoms with Crippen molar-refractivity contribution < 1.29 is 14.6 Å². The Morgan fingerprint density at radius 1 is 1.21 bits per heavy atom. The molecule has 0 aromatic heterocycles. The number of rotatable bonds is 3. The van der Waals surface area contributed by atoms with E-state index in [1.807, 2.05) is 0 Å². The summed E-state index contributed by atoms with van der Waals surface area (Å²) in [6.45, 7) is 0. The monoisotopic (exact) mass is 277 g/mol. The molecule has 0 saturated carbocycles. The number of ether oxygens (including phenoxy) is 1. The highest BCUT2D eigenvalue weighted by Crippen LogP contribution is 2.24. The van der Waals surface area contributed by atoms with Crippen molar-refractivity contribution in [3.05, 3.63) is 53.1 Å². The molecule has 0 aliphatic carbocycles. The van der Waals surface area contributed by atoms with Gasteiger partial charge in [0.2, 0.25) is 0 Å². The fraction of sp³-hybridized carbons (Fsp3) is 0.0714. The van der Waals surface area contributed by atoms with E-state index in [9.17, 15) is 9.90 Å². The first-order valence-corrected chi connectivity index (χ1v) is 5.92. The van der Waals surface area contributed by atoms with Gasteiger partial charge in [-0.1, -0.05) is 11.6 Å². The molecule has 4 nitrogen and oxygen atoms in total. The summed E-state index contributed by atoms with van der Waals surface area (Å²) in [5.41, 5.74) is 0.972. The standard InChI is InChI=1S/C14H12ClNO3/c1-19-13-8-9(15)2-7-12(13)14(18)16-10-3-5-11(17)6-4-10/h2-8,17H,1H3,(H,16,18). The maximum absolute atomic E-state index is 12.1. The summed E-state index contributed by atoms with van der Waals surface area (Å²) in [7, 11) is 1.48. The molecule has 0 spiro atoms. The van der Waals surface area contributed by atoms with Crippen LogP contribution in [-0.4, -0.2) is 18.1 Å². The number of hydrogen-bond acceptors (Lipinski definition) is 3. The molecule has 2 aromatic carbocycles. The lowest BCUT2D eigenvalue weighted by atomic mass is 10.2. The fourth-order valence-electron chi connectivity index (χ4n) is 1.60. The first-order chi connectivity index (χ1) is 9.10. The Kier molecular flexibility index (Phi) is 3.92. The van der Waals surface area contributed by atoms with Gasteiger partial charge < -0.3 is 15.2 Å². The van der Waals surface area contributed by atoms with Crippen LogP contribution in [0.15, 0.2) is 42.5 Å². The van der Waals surface area contributed by atoms with Gasteiger partial charge in [0.05, 0.1) is 12.7 Å². The predicted octanol–water partition coefficient (Wildman–Crippen LogP) is 3.31. The van der Waals surface area contributed by atoms with Crippen LogP contribution < -0.4 is 10.1 Å². The van der Waals surface area contributed by atoms with Crippen LogP contribution in [0.3, 0.4) is 0 Å². The zero-order valence-electron chi connectivity index (χ0n) is 10.2. The lowest BCUT2D eigenvalue weighted by Crippen LogP contribution is -2.13. The first-order valence-electron chi connectivity index (χ1n) is 5.54. The van der Waals surface area contributed by atoms with Gasteiger partial charge in [-0.05, 0) is 42.5 Å². The number of carbonyl (C=O) groups excluding carboxylic acids is 1. The summed E-state index contributed by atoms with van der Waals surface area (Å²) >= 11 is 5.84. The van der Waals surface area contributed by atoms with E-state index in [0.717, 1.165) is 0 Å². The molecule has 0 aliphatic heterocycles. The maximum atomic E-state index is 12.1. The molecule has 0 radical (unpaired) electrons. The Balaban J connectivity index is 2.22. The van der Waals surface area contributed by atoms with Crippen LogP contribution in [0.1, 0.15) is 10.4 Å². The molecule has 0 aliphatic rings. The molecular formula is C14H12ClNO3. The van der Waals surface area contributed by atoms with E-state index in [1.165, 1.54) is 19.2 Å². The fourth-order valence-corrected chi connectivity index (χ4v) is 1.76. The Labute approximate surface area is 115 Å². The second kappa shape index (κ2) is 5.63. The van der Waals surface area contributed by atoms with Crippen molar-refractivity contribution in [3.8, 4) is 11.5 Å². The summed E-state index contributed by atoms with van der Waals surface area (Å²) in [6.07, 6.45) is 0. The lowest BCUT2D eigenvalue weighted by molar-refractivity contribution is 0.102. The third-order valence-electron chi connectivity index (χ3n) is 2.53. The average Bonchev–Trinajstić information content (AvgIpc) is 2.41. The Bertz CT molecular complexity index is 596. The predicted molar refractivity (Wildman–Crippen MR) is 74.1 cm³/mol. The minimum atomic E-state index is -0.306. The van der Waals surface area contributed by atoms with Crippen LogP contribution in [0, 0.1) is 0 Å². The van der Waals surface area contributed by atoms with Crippen LogP contribution in [-0.2, 0) is 0 Å². The molecule has 98 valence electrons. The van der Waals surface area contributed by atoms with E-state index in [4.69, 9.17) is 16.3 Å². The minimum Gasteiger partial charge on any atom is -0.508 e. The van der Waals surface area contributed by atoms with Crippen molar-refractivity contribution in [2.75, 3.05) is 12.4 Å². The van der Waals surface area contributed by atoms with E-state index in [0.29, 0.717) is 22.0 Å². The third-order valence-corrected chi connectivity index (χ3v) is 2.77. The summed E-state index contributed by atoms with van der Waals surface area (Å²) in [5, 5.41) is 12.4. The number of benzene rings is 2. The molecule has 2 N–H and O–H groups in total. The number of amides is 1. The van der Waals surface area contributed by atoms with Crippen molar-refractivity contribution in [1.29, 1.82) is 0 Å². The molecule has 0 unspecified atom stereocenters. The summed E-state index contributed by atoms with van der Waals surface area (Å²) in [4.78, 5) is 12.1. The molecular weight excluding hydrogens is 266 g/mol. The van der Waals surface area contributed by atoms with Crippen molar-refractivity contribution in [2.24, 2.45) is 0 Å². The lowest BCUT2D eigenvalue weighted by Gasteiger charge is -2.09. The highest BCUT2D eigenvalue weighted by Gasteiger charge is 2.12. The number of anilines is 1. The number of phenols is 1. The number of hydrogen-bond donors (Lipinski definition) is 2. The molecule has 5 heteroatoms. The highest BCUT2D eigenvalue weighted by atomic mass is 35.5. The first kappa shape index (κ1) is 13.2. The Morgan fingerprint density at radius 2 is 1.89 bits per heavy atom. The van der Waals surface area contributed by atoms with Crippen LogP contribution in [0.5, 0.6) is 11.5 Å². The zero-order chi connectivity index (χ0) is 13.8. The Hall–Kier alpha value is -2.20. The number of aromatic hydroxyl groups is 1. The molecule has 19 heavy (non-hydrogen) atoms. The molecule has 0 atom stereocenters. The smallest absolute Gasteiger partial charge is 0.259 e. The van der Waals surface area contributed by atoms with Crippen molar-refractivity contribution >= 4 is 23.2 Å². The van der Waals surface area contributed by atoms with Gasteiger partial charge in [0.15, 0.2) is 0 Å². The molecule has 0 bridgehead atoms. The van der Waals surface area contributed by atoms with E-state index in [2.05, 4.69) is 5.32 Å². The van der Waals surface area contributed by atoms with Crippen LogP contribution in [0.4, 0.5) is 5.69 Å². The minimum absolute atomic E-state index is 0.141. The summed E-state index contributed by atoms with van der Waals surface area (Å²) in [5.74, 6) is 0.241. The molecule has 2 aromatic rings. The maximum Gasteiger partial charge on any atom is 0.259 e. The molecule has 0 heterocycles. The molecule has 1 amide bonds. The van der Waals surface area contributed by atoms with Crippen molar-refractivity contribution in [3.63, 3.8) is 0 Å². The van der Waals surface area contributed by atoms with Gasteiger partial charge in [-0.2, -0.15) is 0 Å². The van der Waals surface area contributed by atoms with Gasteiger partial charge in [0.1, 0.15) is 11.5 Å². The number of halogens is 1. The normalized spacial score (nSPS) is 10.0. The van der Waals surface area contributed by atoms with Gasteiger partial charge in [-0.15, -0.1) is 0 Å². The van der Waals surface area contributed by atoms with E-state index < -0.39 is 0 Å². The van der Waals surface area contributed by atoms with Crippen molar-refractivity contribution in [1.82, 2.24) is 0 Å². The average molecular weight is 278 g/mol. The summed E-state index contributed by atoms with van der Waals surface area (Å²) in [6, 6.07) is 11.0. The van der Waals surface area contributed by atoms with E-state index in [1.54, 1.807) is 30.3 Å². The largest absolute Gasteiger partial charge is 0.508 e. The highest BCUT2D eigenvalue weighted by molar-refractivity contribution is 6.31. The zero-order valence-corrected chi connectivity index (χ0v) is 10.9. The van der Waals surface area contributed by atoms with E-state index >= 15 is 0 Å². The van der Waals surface area contributed by atoms with Gasteiger partial charge in [-0.25, -0.2) is 0 Å². The number of carbonyl (C=O) groups is 1. The van der Waals surface area contributed by atoms with Crippen LogP contribution in [0.2, 0.25) is 5.02 Å². The number of methoxy groups -OCH3 is 1. The molecule has 0 saturated heterocycles. The van der Waals surface area contributed by atoms with E-state index in [-0.39, 0.29) is 11.7 Å². The Morgan fingerprint density at radius 3 is 2.53 bits per heavy atom. The van der Waals surface area contributed by atoms with Gasteiger partial charge in [-0.3, -0.25) is 4.79 Å². The third kappa shape index (κ3) is 3.17. The number of phenolic OH excluding ortho intramolecular Hbond substituents is 1. The second-order valence-electron chi connectivity index (χ2n) is 3.85.